The second-order valence-electron chi connectivity index (χ2n) is 8.38. The molecule has 0 aliphatic rings. The summed E-state index contributed by atoms with van der Waals surface area (Å²) in [4.78, 5) is 30.2. The molecule has 1 atom stereocenters. The first-order valence-electron chi connectivity index (χ1n) is 11.1. The van der Waals surface area contributed by atoms with Crippen LogP contribution in [0, 0.1) is 13.8 Å². The number of aromatic hydroxyl groups is 2. The number of aryl methyl sites for hydroxylation is 2. The monoisotopic (exact) mass is 470 g/mol. The summed E-state index contributed by atoms with van der Waals surface area (Å²) in [7, 11) is 1.29. The van der Waals surface area contributed by atoms with Gasteiger partial charge in [0.15, 0.2) is 6.04 Å². The normalized spacial score (nSPS) is 12.2. The number of nitrogens with zero attached hydrogens (tertiary/aromatic N) is 2. The van der Waals surface area contributed by atoms with Gasteiger partial charge in [0.1, 0.15) is 5.75 Å². The lowest BCUT2D eigenvalue weighted by molar-refractivity contribution is -0.142. The van der Waals surface area contributed by atoms with Crippen LogP contribution in [0.15, 0.2) is 76.5 Å². The lowest BCUT2D eigenvalue weighted by Gasteiger charge is -2.15. The molecule has 4 rings (SSSR count). The van der Waals surface area contributed by atoms with E-state index in [1.807, 2.05) is 26.0 Å². The van der Waals surface area contributed by atoms with Crippen LogP contribution in [0.25, 0.3) is 16.5 Å². The summed E-state index contributed by atoms with van der Waals surface area (Å²) in [6.07, 6.45) is 1.65. The lowest BCUT2D eigenvalue weighted by atomic mass is 10.0. The first-order chi connectivity index (χ1) is 16.8. The Labute approximate surface area is 202 Å². The first kappa shape index (κ1) is 23.8. The average molecular weight is 471 g/mol. The van der Waals surface area contributed by atoms with Gasteiger partial charge in [-0.2, -0.15) is 0 Å². The fourth-order valence-electron chi connectivity index (χ4n) is 3.95. The van der Waals surface area contributed by atoms with Crippen molar-refractivity contribution in [3.63, 3.8) is 0 Å². The molecule has 3 aromatic carbocycles. The number of esters is 1. The number of phenolic OH excluding ortho intramolecular Hbond substituents is 1. The Morgan fingerprint density at radius 1 is 1.00 bits per heavy atom. The number of aliphatic imine (C=N–C) groups is 1. The van der Waals surface area contributed by atoms with Gasteiger partial charge in [-0.1, -0.05) is 36.4 Å². The van der Waals surface area contributed by atoms with Crippen molar-refractivity contribution in [2.75, 3.05) is 7.11 Å². The van der Waals surface area contributed by atoms with Crippen LogP contribution in [0.2, 0.25) is 0 Å². The number of hydrogen-bond acceptors (Lipinski definition) is 6. The van der Waals surface area contributed by atoms with Crippen molar-refractivity contribution in [2.45, 2.75) is 26.3 Å². The van der Waals surface area contributed by atoms with Gasteiger partial charge in [0.05, 0.1) is 18.4 Å². The number of fused-ring (bicyclic) bond motifs is 1. The van der Waals surface area contributed by atoms with Gasteiger partial charge in [-0.05, 0) is 60.9 Å². The van der Waals surface area contributed by atoms with Crippen LogP contribution in [0.1, 0.15) is 22.3 Å². The van der Waals surface area contributed by atoms with E-state index in [1.54, 1.807) is 42.5 Å². The van der Waals surface area contributed by atoms with Crippen LogP contribution < -0.4 is 5.56 Å². The second-order valence-corrected chi connectivity index (χ2v) is 8.38. The number of rotatable bonds is 6. The molecule has 178 valence electrons. The van der Waals surface area contributed by atoms with Gasteiger partial charge in [-0.15, -0.1) is 0 Å². The highest BCUT2D eigenvalue weighted by molar-refractivity contribution is 6.02. The van der Waals surface area contributed by atoms with Crippen molar-refractivity contribution in [2.24, 2.45) is 4.99 Å². The molecular weight excluding hydrogens is 444 g/mol. The zero-order valence-corrected chi connectivity index (χ0v) is 19.7. The molecule has 0 amide bonds. The molecule has 0 bridgehead atoms. The molecule has 0 aliphatic carbocycles. The Morgan fingerprint density at radius 2 is 1.69 bits per heavy atom. The van der Waals surface area contributed by atoms with Crippen molar-refractivity contribution >= 4 is 23.0 Å². The maximum absolute atomic E-state index is 13.3. The van der Waals surface area contributed by atoms with E-state index >= 15 is 0 Å². The van der Waals surface area contributed by atoms with Gasteiger partial charge in [0, 0.05) is 23.4 Å². The first-order valence-corrected chi connectivity index (χ1v) is 11.1. The zero-order valence-electron chi connectivity index (χ0n) is 19.7. The molecule has 0 radical (unpaired) electrons. The summed E-state index contributed by atoms with van der Waals surface area (Å²) < 4.78 is 6.18. The topological polar surface area (TPSA) is 101 Å². The highest BCUT2D eigenvalue weighted by atomic mass is 16.5. The van der Waals surface area contributed by atoms with E-state index in [2.05, 4.69) is 4.99 Å². The Hall–Kier alpha value is -4.39. The van der Waals surface area contributed by atoms with Crippen LogP contribution in [-0.4, -0.2) is 40.1 Å². The van der Waals surface area contributed by atoms with Crippen molar-refractivity contribution in [1.82, 2.24) is 4.57 Å². The summed E-state index contributed by atoms with van der Waals surface area (Å²) >= 11 is 0. The third-order valence-electron chi connectivity index (χ3n) is 6.07. The molecule has 35 heavy (non-hydrogen) atoms. The van der Waals surface area contributed by atoms with Gasteiger partial charge in [-0.25, -0.2) is 9.36 Å². The summed E-state index contributed by atoms with van der Waals surface area (Å²) in [5.74, 6) is -0.689. The number of pyridine rings is 1. The Balaban J connectivity index is 1.85. The Bertz CT molecular complexity index is 1490. The summed E-state index contributed by atoms with van der Waals surface area (Å²) in [5.41, 5.74) is 3.33. The highest BCUT2D eigenvalue weighted by Gasteiger charge is 2.20. The van der Waals surface area contributed by atoms with Gasteiger partial charge in [-0.3, -0.25) is 9.79 Å². The number of aromatic nitrogens is 1. The zero-order chi connectivity index (χ0) is 25.1. The fraction of sp³-hybridized carbons (Fsp3) is 0.179. The minimum Gasteiger partial charge on any atom is -0.508 e. The van der Waals surface area contributed by atoms with Gasteiger partial charge in [0.25, 0.3) is 5.56 Å². The summed E-state index contributed by atoms with van der Waals surface area (Å²) in [6.45, 7) is 3.91. The van der Waals surface area contributed by atoms with Crippen molar-refractivity contribution in [3.8, 4) is 17.3 Å². The minimum atomic E-state index is -0.885. The van der Waals surface area contributed by atoms with Gasteiger partial charge < -0.3 is 14.9 Å². The van der Waals surface area contributed by atoms with Crippen molar-refractivity contribution in [3.05, 3.63) is 99.3 Å². The molecule has 7 nitrogen and oxygen atoms in total. The number of methoxy groups -OCH3 is 1. The average Bonchev–Trinajstić information content (AvgIpc) is 2.86. The molecule has 0 saturated carbocycles. The molecule has 4 aromatic rings. The van der Waals surface area contributed by atoms with Crippen LogP contribution >= 0.6 is 0 Å². The Kier molecular flexibility index (Phi) is 6.68. The number of carbonyl (C=O) groups excluding carboxylic acids is 1. The summed E-state index contributed by atoms with van der Waals surface area (Å²) in [6, 6.07) is 18.1. The van der Waals surface area contributed by atoms with Crippen LogP contribution in [0.4, 0.5) is 0 Å². The van der Waals surface area contributed by atoms with E-state index in [-0.39, 0.29) is 23.6 Å². The molecule has 1 heterocycles. The van der Waals surface area contributed by atoms with Crippen molar-refractivity contribution < 1.29 is 19.7 Å². The number of carbonyl (C=O) groups is 1. The SMILES string of the molecule is COC(=O)[C@@H](Cc1ccc(O)cc1)N=Cc1c(O)n(-c2ccc(C)c(C)c2)c(=O)c2ccccc12. The summed E-state index contributed by atoms with van der Waals surface area (Å²) in [5, 5.41) is 21.7. The molecule has 0 unspecified atom stereocenters. The quantitative estimate of drug-likeness (QED) is 0.325. The minimum absolute atomic E-state index is 0.122. The molecule has 7 heteroatoms. The van der Waals surface area contributed by atoms with Gasteiger partial charge in [0.2, 0.25) is 5.88 Å². The molecule has 1 aromatic heterocycles. The molecule has 0 saturated heterocycles. The predicted octanol–water partition coefficient (Wildman–Crippen LogP) is 4.22. The molecular formula is C28H26N2O5. The van der Waals surface area contributed by atoms with E-state index in [0.29, 0.717) is 22.0 Å². The lowest BCUT2D eigenvalue weighted by Crippen LogP contribution is -2.23. The number of benzene rings is 3. The molecule has 0 spiro atoms. The molecule has 2 N–H and O–H groups in total. The van der Waals surface area contributed by atoms with Crippen molar-refractivity contribution in [1.29, 1.82) is 0 Å². The number of phenols is 1. The van der Waals surface area contributed by atoms with Crippen LogP contribution in [-0.2, 0) is 16.0 Å². The third-order valence-corrected chi connectivity index (χ3v) is 6.07. The molecule has 0 fully saturated rings. The largest absolute Gasteiger partial charge is 0.508 e. The molecule has 0 aliphatic heterocycles. The van der Waals surface area contributed by atoms with E-state index in [9.17, 15) is 19.8 Å². The predicted molar refractivity (Wildman–Crippen MR) is 136 cm³/mol. The third kappa shape index (κ3) is 4.80. The van der Waals surface area contributed by atoms with E-state index in [4.69, 9.17) is 4.74 Å². The maximum atomic E-state index is 13.3. The van der Waals surface area contributed by atoms with E-state index < -0.39 is 12.0 Å². The van der Waals surface area contributed by atoms with Crippen LogP contribution in [0.5, 0.6) is 11.6 Å². The maximum Gasteiger partial charge on any atom is 0.330 e. The second kappa shape index (κ2) is 9.85. The standard InChI is InChI=1S/C28H26N2O5/c1-17-8-11-20(14-18(17)2)30-26(32)23-7-5-4-6-22(23)24(27(30)33)16-29-25(28(34)35-3)15-19-9-12-21(31)13-10-19/h4-14,16,25,31,33H,15H2,1-3H3/t25-/m1/s1. The Morgan fingerprint density at radius 3 is 2.34 bits per heavy atom. The highest BCUT2D eigenvalue weighted by Crippen LogP contribution is 2.27. The van der Waals surface area contributed by atoms with E-state index in [0.717, 1.165) is 16.7 Å². The number of hydrogen-bond donors (Lipinski definition) is 2. The van der Waals surface area contributed by atoms with Gasteiger partial charge >= 0.3 is 5.97 Å². The van der Waals surface area contributed by atoms with E-state index in [1.165, 1.54) is 30.0 Å². The fourth-order valence-corrected chi connectivity index (χ4v) is 3.95. The number of ether oxygens (including phenoxy) is 1. The van der Waals surface area contributed by atoms with Crippen LogP contribution in [0.3, 0.4) is 0 Å². The smallest absolute Gasteiger partial charge is 0.330 e.